The van der Waals surface area contributed by atoms with Crippen LogP contribution in [0.25, 0.3) is 11.2 Å². The third kappa shape index (κ3) is 1.86. The molecule has 1 aliphatic rings. The number of rotatable bonds is 2. The number of hydrogen-bond donors (Lipinski definition) is 1. The van der Waals surface area contributed by atoms with Gasteiger partial charge < -0.3 is 14.6 Å². The van der Waals surface area contributed by atoms with Crippen LogP contribution >= 0.6 is 0 Å². The molecule has 1 N–H and O–H groups in total. The molecule has 0 atom stereocenters. The van der Waals surface area contributed by atoms with Crippen molar-refractivity contribution in [3.8, 4) is 0 Å². The molecule has 2 aromatic rings. The number of anilines is 1. The summed E-state index contributed by atoms with van der Waals surface area (Å²) in [5.41, 5.74) is 2.68. The molecule has 5 nitrogen and oxygen atoms in total. The van der Waals surface area contributed by atoms with Crippen LogP contribution in [0.4, 0.5) is 5.69 Å². The molecule has 0 radical (unpaired) electrons. The van der Waals surface area contributed by atoms with E-state index in [0.29, 0.717) is 5.71 Å². The molecule has 1 aliphatic heterocycles. The number of nitrogens with zero attached hydrogens (tertiary/aromatic N) is 3. The number of piperazine rings is 1. The highest BCUT2D eigenvalue weighted by Gasteiger charge is 2.16. The maximum atomic E-state index is 5.58. The number of nitrogens with one attached hydrogen (secondary N) is 1. The lowest BCUT2D eigenvalue weighted by atomic mass is 10.3. The van der Waals surface area contributed by atoms with Crippen molar-refractivity contribution in [2.75, 3.05) is 31.1 Å². The van der Waals surface area contributed by atoms with Gasteiger partial charge in [-0.25, -0.2) is 9.97 Å². The fraction of sp³-hybridized carbons (Fsp3) is 0.500. The summed E-state index contributed by atoms with van der Waals surface area (Å²) in [6.07, 6.45) is 2.60. The van der Waals surface area contributed by atoms with Crippen LogP contribution in [-0.2, 0) is 6.42 Å². The molecule has 0 spiro atoms. The summed E-state index contributed by atoms with van der Waals surface area (Å²) in [5, 5.41) is 3.35. The van der Waals surface area contributed by atoms with Crippen molar-refractivity contribution in [1.29, 1.82) is 0 Å². The highest BCUT2D eigenvalue weighted by Crippen LogP contribution is 2.25. The van der Waals surface area contributed by atoms with E-state index in [9.17, 15) is 0 Å². The van der Waals surface area contributed by atoms with E-state index in [4.69, 9.17) is 4.42 Å². The Kier molecular flexibility index (Phi) is 2.68. The Labute approximate surface area is 99.8 Å². The summed E-state index contributed by atoms with van der Waals surface area (Å²) in [6.45, 7) is 6.08. The Balaban J connectivity index is 2.05. The number of hydrogen-bond acceptors (Lipinski definition) is 5. The fourth-order valence-electron chi connectivity index (χ4n) is 2.18. The minimum atomic E-state index is 0.651. The molecule has 3 rings (SSSR count). The Hall–Kier alpha value is -1.62. The van der Waals surface area contributed by atoms with Crippen molar-refractivity contribution in [2.24, 2.45) is 0 Å². The summed E-state index contributed by atoms with van der Waals surface area (Å²) in [6, 6.07) is 2.02. The van der Waals surface area contributed by atoms with Gasteiger partial charge in [0, 0.05) is 38.8 Å². The fourth-order valence-corrected chi connectivity index (χ4v) is 2.18. The zero-order valence-electron chi connectivity index (χ0n) is 9.94. The predicted molar refractivity (Wildman–Crippen MR) is 66.3 cm³/mol. The van der Waals surface area contributed by atoms with Gasteiger partial charge in [0.1, 0.15) is 0 Å². The lowest BCUT2D eigenvalue weighted by Crippen LogP contribution is -2.43. The van der Waals surface area contributed by atoms with Gasteiger partial charge in [0.05, 0.1) is 5.69 Å². The summed E-state index contributed by atoms with van der Waals surface area (Å²) in [5.74, 6) is 0.759. The number of oxazole rings is 1. The van der Waals surface area contributed by atoms with E-state index in [1.54, 1.807) is 6.20 Å². The third-order valence-corrected chi connectivity index (χ3v) is 3.08. The highest BCUT2D eigenvalue weighted by molar-refractivity contribution is 5.84. The van der Waals surface area contributed by atoms with E-state index in [2.05, 4.69) is 20.2 Å². The van der Waals surface area contributed by atoms with Crippen LogP contribution in [-0.4, -0.2) is 36.1 Å². The van der Waals surface area contributed by atoms with Gasteiger partial charge in [-0.2, -0.15) is 0 Å². The van der Waals surface area contributed by atoms with Crippen LogP contribution in [0.2, 0.25) is 0 Å². The van der Waals surface area contributed by atoms with Crippen LogP contribution in [0, 0.1) is 0 Å². The van der Waals surface area contributed by atoms with Gasteiger partial charge >= 0.3 is 0 Å². The van der Waals surface area contributed by atoms with E-state index in [1.165, 1.54) is 0 Å². The molecule has 0 aliphatic carbocycles. The summed E-state index contributed by atoms with van der Waals surface area (Å²) >= 11 is 0. The molecule has 0 saturated carbocycles. The summed E-state index contributed by atoms with van der Waals surface area (Å²) < 4.78 is 5.58. The predicted octanol–water partition coefficient (Wildman–Crippen LogP) is 1.19. The maximum absolute atomic E-state index is 5.58. The van der Waals surface area contributed by atoms with Crippen LogP contribution in [0.3, 0.4) is 0 Å². The largest absolute Gasteiger partial charge is 0.422 e. The monoisotopic (exact) mass is 232 g/mol. The molecule has 0 bridgehead atoms. The van der Waals surface area contributed by atoms with E-state index < -0.39 is 0 Å². The first-order valence-corrected chi connectivity index (χ1v) is 6.08. The quantitative estimate of drug-likeness (QED) is 0.843. The summed E-state index contributed by atoms with van der Waals surface area (Å²) in [7, 11) is 0. The van der Waals surface area contributed by atoms with Crippen LogP contribution < -0.4 is 10.2 Å². The smallest absolute Gasteiger partial charge is 0.249 e. The van der Waals surface area contributed by atoms with Crippen molar-refractivity contribution >= 4 is 16.9 Å². The molecule has 0 aromatic carbocycles. The molecule has 5 heteroatoms. The molecular weight excluding hydrogens is 216 g/mol. The minimum absolute atomic E-state index is 0.651. The van der Waals surface area contributed by atoms with Crippen molar-refractivity contribution in [3.05, 3.63) is 18.2 Å². The van der Waals surface area contributed by atoms with E-state index in [0.717, 1.165) is 49.7 Å². The first-order valence-electron chi connectivity index (χ1n) is 6.08. The molecular formula is C12H16N4O. The van der Waals surface area contributed by atoms with Gasteiger partial charge in [-0.05, 0) is 6.07 Å². The zero-order valence-corrected chi connectivity index (χ0v) is 9.94. The molecule has 2 aromatic heterocycles. The molecule has 3 heterocycles. The highest BCUT2D eigenvalue weighted by atomic mass is 16.4. The molecule has 1 saturated heterocycles. The number of aromatic nitrogens is 2. The Morgan fingerprint density at radius 2 is 2.24 bits per heavy atom. The van der Waals surface area contributed by atoms with Crippen molar-refractivity contribution in [1.82, 2.24) is 15.3 Å². The molecule has 17 heavy (non-hydrogen) atoms. The second-order valence-corrected chi connectivity index (χ2v) is 4.18. The lowest BCUT2D eigenvalue weighted by molar-refractivity contribution is 0.529. The first-order chi connectivity index (χ1) is 8.38. The van der Waals surface area contributed by atoms with Gasteiger partial charge in [-0.1, -0.05) is 6.92 Å². The Bertz CT molecular complexity index is 516. The molecule has 90 valence electrons. The van der Waals surface area contributed by atoms with Crippen LogP contribution in [0.15, 0.2) is 16.7 Å². The normalized spacial score (nSPS) is 16.6. The standard InChI is InChI=1S/C12H16N4O/c1-2-10-15-11-9(3-4-14-12(11)17-10)16-7-5-13-6-8-16/h3-4,13H,2,5-8H2,1H3. The van der Waals surface area contributed by atoms with Crippen molar-refractivity contribution in [2.45, 2.75) is 13.3 Å². The molecule has 1 fully saturated rings. The third-order valence-electron chi connectivity index (χ3n) is 3.08. The SMILES string of the molecule is CCc1nc2c(N3CCNCC3)ccnc2o1. The molecule has 0 unspecified atom stereocenters. The van der Waals surface area contributed by atoms with Crippen molar-refractivity contribution in [3.63, 3.8) is 0 Å². The second-order valence-electron chi connectivity index (χ2n) is 4.18. The number of pyridine rings is 1. The molecule has 0 amide bonds. The summed E-state index contributed by atoms with van der Waals surface area (Å²) in [4.78, 5) is 11.1. The minimum Gasteiger partial charge on any atom is -0.422 e. The van der Waals surface area contributed by atoms with Gasteiger partial charge in [0.2, 0.25) is 5.71 Å². The lowest BCUT2D eigenvalue weighted by Gasteiger charge is -2.29. The van der Waals surface area contributed by atoms with E-state index in [1.807, 2.05) is 13.0 Å². The van der Waals surface area contributed by atoms with Gasteiger partial charge in [-0.3, -0.25) is 0 Å². The second kappa shape index (κ2) is 4.33. The maximum Gasteiger partial charge on any atom is 0.249 e. The van der Waals surface area contributed by atoms with E-state index >= 15 is 0 Å². The van der Waals surface area contributed by atoms with E-state index in [-0.39, 0.29) is 0 Å². The number of fused-ring (bicyclic) bond motifs is 1. The average Bonchev–Trinajstić information content (AvgIpc) is 2.82. The van der Waals surface area contributed by atoms with Gasteiger partial charge in [0.15, 0.2) is 11.4 Å². The zero-order chi connectivity index (χ0) is 11.7. The Morgan fingerprint density at radius 1 is 1.41 bits per heavy atom. The van der Waals surface area contributed by atoms with Gasteiger partial charge in [-0.15, -0.1) is 0 Å². The number of aryl methyl sites for hydroxylation is 1. The Morgan fingerprint density at radius 3 is 3.00 bits per heavy atom. The average molecular weight is 232 g/mol. The van der Waals surface area contributed by atoms with Crippen LogP contribution in [0.5, 0.6) is 0 Å². The van der Waals surface area contributed by atoms with Crippen LogP contribution in [0.1, 0.15) is 12.8 Å². The topological polar surface area (TPSA) is 54.2 Å². The van der Waals surface area contributed by atoms with Gasteiger partial charge in [0.25, 0.3) is 0 Å². The first kappa shape index (κ1) is 10.5. The van der Waals surface area contributed by atoms with Crippen molar-refractivity contribution < 1.29 is 4.42 Å².